The van der Waals surface area contributed by atoms with Crippen LogP contribution in [0.1, 0.15) is 38.2 Å². The minimum Gasteiger partial charge on any atom is -0.382 e. The van der Waals surface area contributed by atoms with Gasteiger partial charge in [0.05, 0.1) is 5.92 Å². The SMILES string of the molecule is CC1Nc2ccccc2CC1C(=O)N1CCCCCC1. The van der Waals surface area contributed by atoms with Gasteiger partial charge in [0.2, 0.25) is 5.91 Å². The summed E-state index contributed by atoms with van der Waals surface area (Å²) in [5.41, 5.74) is 2.47. The smallest absolute Gasteiger partial charge is 0.228 e. The summed E-state index contributed by atoms with van der Waals surface area (Å²) >= 11 is 0. The summed E-state index contributed by atoms with van der Waals surface area (Å²) in [4.78, 5) is 14.9. The van der Waals surface area contributed by atoms with Crippen LogP contribution in [0.5, 0.6) is 0 Å². The zero-order valence-corrected chi connectivity index (χ0v) is 12.3. The first-order valence-electron chi connectivity index (χ1n) is 7.89. The van der Waals surface area contributed by atoms with E-state index < -0.39 is 0 Å². The van der Waals surface area contributed by atoms with Gasteiger partial charge in [0.1, 0.15) is 0 Å². The Morgan fingerprint density at radius 1 is 1.15 bits per heavy atom. The molecule has 0 saturated carbocycles. The molecule has 0 spiro atoms. The highest BCUT2D eigenvalue weighted by molar-refractivity contribution is 5.81. The van der Waals surface area contributed by atoms with Gasteiger partial charge in [0.25, 0.3) is 0 Å². The largest absolute Gasteiger partial charge is 0.382 e. The highest BCUT2D eigenvalue weighted by Gasteiger charge is 2.33. The molecule has 0 radical (unpaired) electrons. The average Bonchev–Trinajstić information content (AvgIpc) is 2.75. The summed E-state index contributed by atoms with van der Waals surface area (Å²) in [6, 6.07) is 8.58. The van der Waals surface area contributed by atoms with E-state index in [1.165, 1.54) is 24.1 Å². The number of carbonyl (C=O) groups is 1. The summed E-state index contributed by atoms with van der Waals surface area (Å²) < 4.78 is 0. The number of rotatable bonds is 1. The number of nitrogens with one attached hydrogen (secondary N) is 1. The minimum atomic E-state index is 0.0861. The molecule has 3 heteroatoms. The standard InChI is InChI=1S/C17H24N2O/c1-13-15(12-14-8-4-5-9-16(14)18-13)17(20)19-10-6-2-3-7-11-19/h4-5,8-9,13,15,18H,2-3,6-7,10-12H2,1H3. The van der Waals surface area contributed by atoms with Crippen LogP contribution in [0.15, 0.2) is 24.3 Å². The predicted octanol–water partition coefficient (Wildman–Crippen LogP) is 3.06. The summed E-state index contributed by atoms with van der Waals surface area (Å²) in [6.45, 7) is 4.03. The van der Waals surface area contributed by atoms with Crippen LogP contribution >= 0.6 is 0 Å². The number of nitrogens with zero attached hydrogens (tertiary/aromatic N) is 1. The molecule has 108 valence electrons. The molecule has 20 heavy (non-hydrogen) atoms. The number of hydrogen-bond acceptors (Lipinski definition) is 2. The van der Waals surface area contributed by atoms with E-state index >= 15 is 0 Å². The molecular weight excluding hydrogens is 248 g/mol. The molecule has 0 bridgehead atoms. The Balaban J connectivity index is 1.75. The van der Waals surface area contributed by atoms with Crippen molar-refractivity contribution in [3.8, 4) is 0 Å². The molecular formula is C17H24N2O. The molecule has 0 aliphatic carbocycles. The fraction of sp³-hybridized carbons (Fsp3) is 0.588. The third-order valence-electron chi connectivity index (χ3n) is 4.68. The van der Waals surface area contributed by atoms with Gasteiger partial charge in [-0.1, -0.05) is 31.0 Å². The van der Waals surface area contributed by atoms with Crippen molar-refractivity contribution >= 4 is 11.6 Å². The van der Waals surface area contributed by atoms with Crippen molar-refractivity contribution in [1.29, 1.82) is 0 Å². The van der Waals surface area contributed by atoms with E-state index in [0.717, 1.165) is 32.4 Å². The Kier molecular flexibility index (Phi) is 3.95. The number of carbonyl (C=O) groups excluding carboxylic acids is 1. The number of likely N-dealkylation sites (tertiary alicyclic amines) is 1. The topological polar surface area (TPSA) is 32.3 Å². The van der Waals surface area contributed by atoms with Crippen LogP contribution in [0, 0.1) is 5.92 Å². The Bertz CT molecular complexity index is 478. The van der Waals surface area contributed by atoms with Gasteiger partial charge < -0.3 is 10.2 Å². The molecule has 2 heterocycles. The lowest BCUT2D eigenvalue weighted by Crippen LogP contribution is -2.45. The average molecular weight is 272 g/mol. The van der Waals surface area contributed by atoms with Crippen LogP contribution in [-0.2, 0) is 11.2 Å². The van der Waals surface area contributed by atoms with E-state index in [4.69, 9.17) is 0 Å². The predicted molar refractivity (Wildman–Crippen MR) is 81.8 cm³/mol. The summed E-state index contributed by atoms with van der Waals surface area (Å²) in [6.07, 6.45) is 5.74. The number of hydrogen-bond donors (Lipinski definition) is 1. The summed E-state index contributed by atoms with van der Waals surface area (Å²) in [7, 11) is 0. The molecule has 1 aromatic rings. The van der Waals surface area contributed by atoms with E-state index in [0.29, 0.717) is 5.91 Å². The van der Waals surface area contributed by atoms with Crippen LogP contribution in [0.2, 0.25) is 0 Å². The molecule has 3 nitrogen and oxygen atoms in total. The third-order valence-corrected chi connectivity index (χ3v) is 4.68. The molecule has 2 unspecified atom stereocenters. The number of amides is 1. The van der Waals surface area contributed by atoms with Crippen molar-refractivity contribution in [2.75, 3.05) is 18.4 Å². The fourth-order valence-corrected chi connectivity index (χ4v) is 3.43. The van der Waals surface area contributed by atoms with E-state index in [2.05, 4.69) is 41.4 Å². The Labute approximate surface area is 121 Å². The Morgan fingerprint density at radius 3 is 2.60 bits per heavy atom. The lowest BCUT2D eigenvalue weighted by atomic mass is 9.87. The molecule has 1 N–H and O–H groups in total. The van der Waals surface area contributed by atoms with Crippen molar-refractivity contribution < 1.29 is 4.79 Å². The van der Waals surface area contributed by atoms with Crippen LogP contribution in [-0.4, -0.2) is 29.9 Å². The van der Waals surface area contributed by atoms with Gasteiger partial charge in [-0.05, 0) is 37.8 Å². The molecule has 1 saturated heterocycles. The Morgan fingerprint density at radius 2 is 1.85 bits per heavy atom. The van der Waals surface area contributed by atoms with Crippen molar-refractivity contribution in [3.63, 3.8) is 0 Å². The van der Waals surface area contributed by atoms with E-state index in [9.17, 15) is 4.79 Å². The maximum atomic E-state index is 12.8. The van der Waals surface area contributed by atoms with Gasteiger partial charge in [-0.2, -0.15) is 0 Å². The third kappa shape index (κ3) is 2.67. The van der Waals surface area contributed by atoms with E-state index in [-0.39, 0.29) is 12.0 Å². The summed E-state index contributed by atoms with van der Waals surface area (Å²) in [5.74, 6) is 0.435. The summed E-state index contributed by atoms with van der Waals surface area (Å²) in [5, 5.41) is 3.50. The highest BCUT2D eigenvalue weighted by atomic mass is 16.2. The first-order valence-corrected chi connectivity index (χ1v) is 7.89. The monoisotopic (exact) mass is 272 g/mol. The first kappa shape index (κ1) is 13.5. The second kappa shape index (κ2) is 5.86. The van der Waals surface area contributed by atoms with Crippen LogP contribution in [0.3, 0.4) is 0 Å². The molecule has 1 aromatic carbocycles. The van der Waals surface area contributed by atoms with E-state index in [1.54, 1.807) is 0 Å². The molecule has 2 aliphatic rings. The number of para-hydroxylation sites is 1. The molecule has 2 aliphatic heterocycles. The quantitative estimate of drug-likeness (QED) is 0.852. The van der Waals surface area contributed by atoms with Crippen LogP contribution in [0.4, 0.5) is 5.69 Å². The van der Waals surface area contributed by atoms with Gasteiger partial charge in [-0.15, -0.1) is 0 Å². The fourth-order valence-electron chi connectivity index (χ4n) is 3.43. The molecule has 1 amide bonds. The maximum absolute atomic E-state index is 12.8. The van der Waals surface area contributed by atoms with Crippen molar-refractivity contribution in [3.05, 3.63) is 29.8 Å². The van der Waals surface area contributed by atoms with Crippen molar-refractivity contribution in [2.24, 2.45) is 5.92 Å². The molecule has 2 atom stereocenters. The van der Waals surface area contributed by atoms with Crippen LogP contribution in [0.25, 0.3) is 0 Å². The lowest BCUT2D eigenvalue weighted by molar-refractivity contribution is -0.135. The second-order valence-electron chi connectivity index (χ2n) is 6.14. The van der Waals surface area contributed by atoms with Crippen LogP contribution < -0.4 is 5.32 Å². The Hall–Kier alpha value is -1.51. The van der Waals surface area contributed by atoms with Gasteiger partial charge in [0, 0.05) is 24.8 Å². The van der Waals surface area contributed by atoms with E-state index in [1.807, 2.05) is 0 Å². The van der Waals surface area contributed by atoms with Gasteiger partial charge in [-0.3, -0.25) is 4.79 Å². The first-order chi connectivity index (χ1) is 9.75. The van der Waals surface area contributed by atoms with Crippen molar-refractivity contribution in [1.82, 2.24) is 4.90 Å². The zero-order chi connectivity index (χ0) is 13.9. The lowest BCUT2D eigenvalue weighted by Gasteiger charge is -2.35. The number of anilines is 1. The number of fused-ring (bicyclic) bond motifs is 1. The molecule has 3 rings (SSSR count). The maximum Gasteiger partial charge on any atom is 0.228 e. The second-order valence-corrected chi connectivity index (χ2v) is 6.14. The zero-order valence-electron chi connectivity index (χ0n) is 12.3. The normalized spacial score (nSPS) is 26.4. The molecule has 0 aromatic heterocycles. The highest BCUT2D eigenvalue weighted by Crippen LogP contribution is 2.29. The van der Waals surface area contributed by atoms with Gasteiger partial charge in [0.15, 0.2) is 0 Å². The molecule has 1 fully saturated rings. The van der Waals surface area contributed by atoms with Crippen molar-refractivity contribution in [2.45, 2.75) is 45.1 Å². The van der Waals surface area contributed by atoms with Gasteiger partial charge in [-0.25, -0.2) is 0 Å². The number of benzene rings is 1. The van der Waals surface area contributed by atoms with Gasteiger partial charge >= 0.3 is 0 Å². The minimum absolute atomic E-state index is 0.0861.